The Morgan fingerprint density at radius 2 is 1.71 bits per heavy atom. The first-order valence-corrected chi connectivity index (χ1v) is 8.21. The number of rotatable bonds is 3. The van der Waals surface area contributed by atoms with E-state index in [2.05, 4.69) is 5.32 Å². The molecule has 0 unspecified atom stereocenters. The molecule has 0 radical (unpaired) electrons. The second-order valence-electron chi connectivity index (χ2n) is 7.29. The van der Waals surface area contributed by atoms with Crippen molar-refractivity contribution in [1.29, 1.82) is 0 Å². The molecule has 1 aromatic rings. The van der Waals surface area contributed by atoms with Crippen LogP contribution < -0.4 is 5.32 Å². The van der Waals surface area contributed by atoms with Crippen molar-refractivity contribution >= 4 is 5.69 Å². The van der Waals surface area contributed by atoms with Crippen LogP contribution in [0.3, 0.4) is 0 Å². The maximum absolute atomic E-state index is 13.5. The molecule has 2 aliphatic carbocycles. The zero-order chi connectivity index (χ0) is 14.9. The van der Waals surface area contributed by atoms with Crippen LogP contribution in [-0.4, -0.2) is 17.3 Å². The average molecular weight is 291 g/mol. The van der Waals surface area contributed by atoms with Gasteiger partial charge in [-0.25, -0.2) is 4.39 Å². The minimum absolute atomic E-state index is 0.124. The van der Waals surface area contributed by atoms with E-state index in [4.69, 9.17) is 0 Å². The number of anilines is 1. The lowest BCUT2D eigenvalue weighted by Gasteiger charge is -2.45. The third kappa shape index (κ3) is 3.08. The van der Waals surface area contributed by atoms with Crippen molar-refractivity contribution in [3.8, 4) is 0 Å². The van der Waals surface area contributed by atoms with E-state index in [0.29, 0.717) is 5.41 Å². The number of aliphatic hydroxyl groups is 1. The summed E-state index contributed by atoms with van der Waals surface area (Å²) in [5.74, 6) is -0.214. The van der Waals surface area contributed by atoms with Crippen molar-refractivity contribution in [2.45, 2.75) is 63.8 Å². The molecule has 0 bridgehead atoms. The van der Waals surface area contributed by atoms with Gasteiger partial charge < -0.3 is 10.4 Å². The van der Waals surface area contributed by atoms with E-state index in [0.717, 1.165) is 24.1 Å². The van der Waals surface area contributed by atoms with Gasteiger partial charge in [-0.3, -0.25) is 0 Å². The molecule has 2 fully saturated rings. The first-order valence-electron chi connectivity index (χ1n) is 8.21. The number of aliphatic hydroxyl groups excluding tert-OH is 1. The molecule has 3 heteroatoms. The number of hydrogen-bond donors (Lipinski definition) is 2. The quantitative estimate of drug-likeness (QED) is 0.864. The Balaban J connectivity index is 1.73. The van der Waals surface area contributed by atoms with E-state index in [-0.39, 0.29) is 18.0 Å². The van der Waals surface area contributed by atoms with Gasteiger partial charge in [-0.2, -0.15) is 0 Å². The van der Waals surface area contributed by atoms with Crippen LogP contribution in [0.25, 0.3) is 0 Å². The predicted octanol–water partition coefficient (Wildman–Crippen LogP) is 4.41. The molecule has 0 atom stereocenters. The Labute approximate surface area is 126 Å². The summed E-state index contributed by atoms with van der Waals surface area (Å²) in [4.78, 5) is 0. The molecule has 2 aliphatic rings. The normalized spacial score (nSPS) is 23.4. The molecule has 2 saturated carbocycles. The van der Waals surface area contributed by atoms with Gasteiger partial charge in [0, 0.05) is 5.69 Å². The second-order valence-corrected chi connectivity index (χ2v) is 7.29. The highest BCUT2D eigenvalue weighted by Crippen LogP contribution is 2.51. The lowest BCUT2D eigenvalue weighted by molar-refractivity contribution is 0.100. The van der Waals surface area contributed by atoms with Crippen LogP contribution in [0.1, 0.15) is 56.9 Å². The Morgan fingerprint density at radius 1 is 1.05 bits per heavy atom. The molecule has 0 saturated heterocycles. The third-order valence-corrected chi connectivity index (χ3v) is 5.69. The Hall–Kier alpha value is -1.09. The molecule has 2 N–H and O–H groups in total. The van der Waals surface area contributed by atoms with Gasteiger partial charge >= 0.3 is 0 Å². The van der Waals surface area contributed by atoms with Gasteiger partial charge in [0.15, 0.2) is 0 Å². The topological polar surface area (TPSA) is 32.3 Å². The van der Waals surface area contributed by atoms with Crippen LogP contribution in [0.5, 0.6) is 0 Å². The van der Waals surface area contributed by atoms with E-state index < -0.39 is 0 Å². The molecule has 1 spiro atoms. The van der Waals surface area contributed by atoms with Crippen molar-refractivity contribution in [2.75, 3.05) is 11.9 Å². The average Bonchev–Trinajstić information content (AvgIpc) is 2.90. The largest absolute Gasteiger partial charge is 0.394 e. The SMILES string of the molecule is Cc1cc(F)cc(NC2(CO)CCC3(CCCC3)CC2)c1. The molecule has 0 amide bonds. The number of halogens is 1. The van der Waals surface area contributed by atoms with Crippen LogP contribution in [0.15, 0.2) is 18.2 Å². The summed E-state index contributed by atoms with van der Waals surface area (Å²) in [6.07, 6.45) is 9.79. The smallest absolute Gasteiger partial charge is 0.125 e. The minimum Gasteiger partial charge on any atom is -0.394 e. The van der Waals surface area contributed by atoms with E-state index in [1.165, 1.54) is 50.7 Å². The maximum atomic E-state index is 13.5. The molecule has 21 heavy (non-hydrogen) atoms. The fourth-order valence-corrected chi connectivity index (χ4v) is 4.32. The third-order valence-electron chi connectivity index (χ3n) is 5.69. The Bertz CT molecular complexity index is 478. The summed E-state index contributed by atoms with van der Waals surface area (Å²) in [6, 6.07) is 5.02. The maximum Gasteiger partial charge on any atom is 0.125 e. The highest BCUT2D eigenvalue weighted by molar-refractivity contribution is 5.48. The van der Waals surface area contributed by atoms with Gasteiger partial charge in [-0.05, 0) is 74.6 Å². The van der Waals surface area contributed by atoms with Crippen LogP contribution in [0.4, 0.5) is 10.1 Å². The zero-order valence-corrected chi connectivity index (χ0v) is 12.9. The first kappa shape index (κ1) is 14.8. The molecule has 3 rings (SSSR count). The second kappa shape index (κ2) is 5.60. The fraction of sp³-hybridized carbons (Fsp3) is 0.667. The highest BCUT2D eigenvalue weighted by Gasteiger charge is 2.43. The molecule has 116 valence electrons. The molecular formula is C18H26FNO. The molecule has 0 aromatic heterocycles. The minimum atomic E-state index is -0.270. The molecule has 0 aliphatic heterocycles. The van der Waals surface area contributed by atoms with Gasteiger partial charge in [0.2, 0.25) is 0 Å². The van der Waals surface area contributed by atoms with E-state index >= 15 is 0 Å². The van der Waals surface area contributed by atoms with Crippen molar-refractivity contribution in [2.24, 2.45) is 5.41 Å². The molecule has 0 heterocycles. The van der Waals surface area contributed by atoms with Crippen LogP contribution in [0.2, 0.25) is 0 Å². The van der Waals surface area contributed by atoms with E-state index in [9.17, 15) is 9.50 Å². The van der Waals surface area contributed by atoms with Crippen molar-refractivity contribution in [3.63, 3.8) is 0 Å². The van der Waals surface area contributed by atoms with Gasteiger partial charge in [-0.15, -0.1) is 0 Å². The van der Waals surface area contributed by atoms with Crippen LogP contribution >= 0.6 is 0 Å². The number of hydrogen-bond acceptors (Lipinski definition) is 2. The first-order chi connectivity index (χ1) is 10.0. The summed E-state index contributed by atoms with van der Waals surface area (Å²) in [6.45, 7) is 2.02. The highest BCUT2D eigenvalue weighted by atomic mass is 19.1. The molecule has 1 aromatic carbocycles. The van der Waals surface area contributed by atoms with Crippen molar-refractivity contribution in [3.05, 3.63) is 29.6 Å². The van der Waals surface area contributed by atoms with Crippen molar-refractivity contribution < 1.29 is 9.50 Å². The lowest BCUT2D eigenvalue weighted by atomic mass is 9.66. The fourth-order valence-electron chi connectivity index (χ4n) is 4.32. The molecular weight excluding hydrogens is 265 g/mol. The van der Waals surface area contributed by atoms with Crippen LogP contribution in [-0.2, 0) is 0 Å². The summed E-state index contributed by atoms with van der Waals surface area (Å²) >= 11 is 0. The van der Waals surface area contributed by atoms with Gasteiger partial charge in [0.25, 0.3) is 0 Å². The number of benzene rings is 1. The standard InChI is InChI=1S/C18H26FNO/c1-14-10-15(19)12-16(11-14)20-18(13-21)8-6-17(7-9-18)4-2-3-5-17/h10-12,20-21H,2-9,13H2,1H3. The van der Waals surface area contributed by atoms with Crippen molar-refractivity contribution in [1.82, 2.24) is 0 Å². The lowest BCUT2D eigenvalue weighted by Crippen LogP contribution is -2.47. The Kier molecular flexibility index (Phi) is 3.96. The van der Waals surface area contributed by atoms with Crippen LogP contribution in [0, 0.1) is 18.2 Å². The van der Waals surface area contributed by atoms with Gasteiger partial charge in [0.05, 0.1) is 12.1 Å². The predicted molar refractivity (Wildman–Crippen MR) is 83.9 cm³/mol. The molecule has 2 nitrogen and oxygen atoms in total. The number of nitrogens with one attached hydrogen (secondary N) is 1. The summed E-state index contributed by atoms with van der Waals surface area (Å²) in [7, 11) is 0. The zero-order valence-electron chi connectivity index (χ0n) is 12.9. The Morgan fingerprint density at radius 3 is 2.29 bits per heavy atom. The van der Waals surface area contributed by atoms with E-state index in [1.54, 1.807) is 0 Å². The number of aryl methyl sites for hydroxylation is 1. The van der Waals surface area contributed by atoms with Gasteiger partial charge in [-0.1, -0.05) is 12.8 Å². The van der Waals surface area contributed by atoms with Gasteiger partial charge in [0.1, 0.15) is 5.82 Å². The summed E-state index contributed by atoms with van der Waals surface area (Å²) in [5, 5.41) is 13.4. The summed E-state index contributed by atoms with van der Waals surface area (Å²) < 4.78 is 13.5. The van der Waals surface area contributed by atoms with E-state index in [1.807, 2.05) is 13.0 Å². The monoisotopic (exact) mass is 291 g/mol. The summed E-state index contributed by atoms with van der Waals surface area (Å²) in [5.41, 5.74) is 1.98.